The van der Waals surface area contributed by atoms with Crippen LogP contribution in [0.25, 0.3) is 0 Å². The third-order valence-corrected chi connectivity index (χ3v) is 5.12. The van der Waals surface area contributed by atoms with Gasteiger partial charge in [-0.3, -0.25) is 0 Å². The SMILES string of the molecule is Cc1cc(NC2CCN(c3ncnc4c3CN(C)CC4)CC2)ncn1. The van der Waals surface area contributed by atoms with Crippen molar-refractivity contribution in [3.63, 3.8) is 0 Å². The maximum Gasteiger partial charge on any atom is 0.136 e. The molecule has 25 heavy (non-hydrogen) atoms. The number of rotatable bonds is 3. The third kappa shape index (κ3) is 3.56. The molecule has 7 nitrogen and oxygen atoms in total. The van der Waals surface area contributed by atoms with E-state index in [0.717, 1.165) is 62.8 Å². The van der Waals surface area contributed by atoms with E-state index in [9.17, 15) is 0 Å². The lowest BCUT2D eigenvalue weighted by Gasteiger charge is -2.36. The lowest BCUT2D eigenvalue weighted by Crippen LogP contribution is -2.41. The minimum atomic E-state index is 0.450. The Balaban J connectivity index is 1.42. The van der Waals surface area contributed by atoms with E-state index in [4.69, 9.17) is 0 Å². The van der Waals surface area contributed by atoms with Crippen molar-refractivity contribution in [2.45, 2.75) is 38.8 Å². The van der Waals surface area contributed by atoms with Crippen molar-refractivity contribution >= 4 is 11.6 Å². The minimum Gasteiger partial charge on any atom is -0.367 e. The molecule has 0 aliphatic carbocycles. The standard InChI is InChI=1S/C18H25N7/c1-13-9-17(21-11-19-13)23-14-3-7-25(8-4-14)18-15-10-24(2)6-5-16(15)20-12-22-18/h9,11-12,14H,3-8,10H2,1-2H3,(H,19,21,23). The Morgan fingerprint density at radius 1 is 1.04 bits per heavy atom. The summed E-state index contributed by atoms with van der Waals surface area (Å²) in [7, 11) is 2.17. The molecular weight excluding hydrogens is 314 g/mol. The van der Waals surface area contributed by atoms with Gasteiger partial charge in [0.05, 0.1) is 5.69 Å². The van der Waals surface area contributed by atoms with E-state index in [-0.39, 0.29) is 0 Å². The maximum absolute atomic E-state index is 4.62. The Morgan fingerprint density at radius 3 is 2.64 bits per heavy atom. The largest absolute Gasteiger partial charge is 0.367 e. The van der Waals surface area contributed by atoms with Crippen molar-refractivity contribution in [3.05, 3.63) is 35.7 Å². The van der Waals surface area contributed by atoms with Crippen molar-refractivity contribution in [3.8, 4) is 0 Å². The number of hydrogen-bond donors (Lipinski definition) is 1. The van der Waals surface area contributed by atoms with E-state index in [1.807, 2.05) is 13.0 Å². The van der Waals surface area contributed by atoms with Gasteiger partial charge in [-0.15, -0.1) is 0 Å². The van der Waals surface area contributed by atoms with Crippen molar-refractivity contribution in [2.24, 2.45) is 0 Å². The number of piperidine rings is 1. The zero-order chi connectivity index (χ0) is 17.2. The average Bonchev–Trinajstić information content (AvgIpc) is 2.62. The van der Waals surface area contributed by atoms with Gasteiger partial charge in [0.1, 0.15) is 24.3 Å². The molecule has 2 aromatic rings. The van der Waals surface area contributed by atoms with Gasteiger partial charge in [-0.05, 0) is 26.8 Å². The Morgan fingerprint density at radius 2 is 1.84 bits per heavy atom. The van der Waals surface area contributed by atoms with E-state index < -0.39 is 0 Å². The summed E-state index contributed by atoms with van der Waals surface area (Å²) in [5, 5.41) is 3.54. The molecule has 0 atom stereocenters. The van der Waals surface area contributed by atoms with Gasteiger partial charge < -0.3 is 15.1 Å². The molecule has 7 heteroatoms. The highest BCUT2D eigenvalue weighted by molar-refractivity contribution is 5.50. The topological polar surface area (TPSA) is 70.1 Å². The zero-order valence-corrected chi connectivity index (χ0v) is 14.9. The van der Waals surface area contributed by atoms with Crippen LogP contribution in [-0.2, 0) is 13.0 Å². The van der Waals surface area contributed by atoms with Crippen molar-refractivity contribution in [1.82, 2.24) is 24.8 Å². The van der Waals surface area contributed by atoms with Crippen molar-refractivity contribution in [2.75, 3.05) is 36.9 Å². The van der Waals surface area contributed by atoms with Gasteiger partial charge in [-0.1, -0.05) is 0 Å². The second kappa shape index (κ2) is 6.92. The highest BCUT2D eigenvalue weighted by Gasteiger charge is 2.25. The zero-order valence-electron chi connectivity index (χ0n) is 14.9. The van der Waals surface area contributed by atoms with Crippen molar-refractivity contribution < 1.29 is 0 Å². The Bertz CT molecular complexity index is 740. The van der Waals surface area contributed by atoms with Crippen LogP contribution in [0.1, 0.15) is 29.8 Å². The van der Waals surface area contributed by atoms with E-state index in [0.29, 0.717) is 6.04 Å². The Labute approximate surface area is 148 Å². The van der Waals surface area contributed by atoms with Gasteiger partial charge in [0.25, 0.3) is 0 Å². The number of aryl methyl sites for hydroxylation is 1. The fourth-order valence-corrected chi connectivity index (χ4v) is 3.71. The first-order chi connectivity index (χ1) is 12.2. The van der Waals surface area contributed by atoms with E-state index in [1.54, 1.807) is 12.7 Å². The molecule has 1 saturated heterocycles. The number of nitrogens with zero attached hydrogens (tertiary/aromatic N) is 6. The second-order valence-electron chi connectivity index (χ2n) is 7.06. The number of aromatic nitrogens is 4. The van der Waals surface area contributed by atoms with Crippen LogP contribution in [0.15, 0.2) is 18.7 Å². The molecule has 2 aromatic heterocycles. The molecule has 2 aliphatic rings. The van der Waals surface area contributed by atoms with Crippen LogP contribution in [0.3, 0.4) is 0 Å². The highest BCUT2D eigenvalue weighted by atomic mass is 15.2. The third-order valence-electron chi connectivity index (χ3n) is 5.12. The van der Waals surface area contributed by atoms with Gasteiger partial charge in [0.15, 0.2) is 0 Å². The first kappa shape index (κ1) is 16.2. The summed E-state index contributed by atoms with van der Waals surface area (Å²) < 4.78 is 0. The number of nitrogens with one attached hydrogen (secondary N) is 1. The highest BCUT2D eigenvalue weighted by Crippen LogP contribution is 2.27. The van der Waals surface area contributed by atoms with Crippen LogP contribution in [0.4, 0.5) is 11.6 Å². The Kier molecular flexibility index (Phi) is 4.48. The summed E-state index contributed by atoms with van der Waals surface area (Å²) in [6.45, 7) is 6.03. The molecule has 0 aromatic carbocycles. The molecule has 0 unspecified atom stereocenters. The fourth-order valence-electron chi connectivity index (χ4n) is 3.71. The number of anilines is 2. The summed E-state index contributed by atoms with van der Waals surface area (Å²) in [5.41, 5.74) is 3.53. The predicted octanol–water partition coefficient (Wildman–Crippen LogP) is 1.64. The number of likely N-dealkylation sites (N-methyl/N-ethyl adjacent to an activating group) is 1. The normalized spacial score (nSPS) is 18.9. The molecule has 2 aliphatic heterocycles. The molecule has 0 bridgehead atoms. The quantitative estimate of drug-likeness (QED) is 0.911. The molecule has 1 N–H and O–H groups in total. The molecule has 0 radical (unpaired) electrons. The Hall–Kier alpha value is -2.28. The van der Waals surface area contributed by atoms with Gasteiger partial charge >= 0.3 is 0 Å². The van der Waals surface area contributed by atoms with Crippen LogP contribution in [-0.4, -0.2) is 57.6 Å². The van der Waals surface area contributed by atoms with E-state index in [1.165, 1.54) is 11.3 Å². The van der Waals surface area contributed by atoms with Crippen LogP contribution in [0, 0.1) is 6.92 Å². The summed E-state index contributed by atoms with van der Waals surface area (Å²) >= 11 is 0. The second-order valence-corrected chi connectivity index (χ2v) is 7.06. The molecule has 0 amide bonds. The average molecular weight is 339 g/mol. The first-order valence-corrected chi connectivity index (χ1v) is 9.00. The summed E-state index contributed by atoms with van der Waals surface area (Å²) in [5.74, 6) is 2.06. The molecule has 1 fully saturated rings. The molecule has 0 saturated carbocycles. The summed E-state index contributed by atoms with van der Waals surface area (Å²) in [6, 6.07) is 2.45. The van der Waals surface area contributed by atoms with Crippen molar-refractivity contribution in [1.29, 1.82) is 0 Å². The lowest BCUT2D eigenvalue weighted by molar-refractivity contribution is 0.309. The minimum absolute atomic E-state index is 0.450. The van der Waals surface area contributed by atoms with Gasteiger partial charge in [0.2, 0.25) is 0 Å². The smallest absolute Gasteiger partial charge is 0.136 e. The monoisotopic (exact) mass is 339 g/mol. The van der Waals surface area contributed by atoms with E-state index in [2.05, 4.69) is 42.1 Å². The van der Waals surface area contributed by atoms with Gasteiger partial charge in [0, 0.05) is 56.0 Å². The lowest BCUT2D eigenvalue weighted by atomic mass is 10.0. The molecule has 0 spiro atoms. The fraction of sp³-hybridized carbons (Fsp3) is 0.556. The molecule has 132 valence electrons. The van der Waals surface area contributed by atoms with Gasteiger partial charge in [-0.25, -0.2) is 19.9 Å². The van der Waals surface area contributed by atoms with Crippen LogP contribution >= 0.6 is 0 Å². The molecular formula is C18H25N7. The first-order valence-electron chi connectivity index (χ1n) is 9.00. The molecule has 4 rings (SSSR count). The number of hydrogen-bond acceptors (Lipinski definition) is 7. The number of fused-ring (bicyclic) bond motifs is 1. The predicted molar refractivity (Wildman–Crippen MR) is 97.7 cm³/mol. The van der Waals surface area contributed by atoms with Crippen LogP contribution < -0.4 is 10.2 Å². The molecule has 4 heterocycles. The van der Waals surface area contributed by atoms with Gasteiger partial charge in [-0.2, -0.15) is 0 Å². The van der Waals surface area contributed by atoms with Crippen LogP contribution in [0.5, 0.6) is 0 Å². The van der Waals surface area contributed by atoms with E-state index >= 15 is 0 Å². The maximum atomic E-state index is 4.62. The summed E-state index contributed by atoms with van der Waals surface area (Å²) in [6.07, 6.45) is 6.53. The summed E-state index contributed by atoms with van der Waals surface area (Å²) in [4.78, 5) is 22.4. The van der Waals surface area contributed by atoms with Crippen LogP contribution in [0.2, 0.25) is 0 Å².